The number of benzene rings is 2. The summed E-state index contributed by atoms with van der Waals surface area (Å²) in [4.78, 5) is 0. The quantitative estimate of drug-likeness (QED) is 0.643. The van der Waals surface area contributed by atoms with Crippen molar-refractivity contribution < 1.29 is 17.9 Å². The predicted octanol–water partition coefficient (Wildman–Crippen LogP) is 4.08. The van der Waals surface area contributed by atoms with Crippen LogP contribution < -0.4 is 10.5 Å². The Labute approximate surface area is 115 Å². The fourth-order valence-corrected chi connectivity index (χ4v) is 1.80. The van der Waals surface area contributed by atoms with E-state index in [4.69, 9.17) is 10.5 Å². The lowest BCUT2D eigenvalue weighted by Gasteiger charge is -2.10. The number of hydrogen-bond acceptors (Lipinski definition) is 2. The molecule has 2 rings (SSSR count). The summed E-state index contributed by atoms with van der Waals surface area (Å²) in [6.07, 6.45) is 0. The molecule has 0 saturated heterocycles. The van der Waals surface area contributed by atoms with Crippen molar-refractivity contribution >= 4 is 28.3 Å². The minimum Gasteiger partial charge on any atom is -0.452 e. The lowest BCUT2D eigenvalue weighted by atomic mass is 10.3. The van der Waals surface area contributed by atoms with Crippen LogP contribution in [0, 0.1) is 21.0 Å². The SMILES string of the molecule is Nc1cc(I)c(F)cc1Oc1ccc(F)cc1F. The largest absolute Gasteiger partial charge is 0.452 e. The molecule has 6 heteroatoms. The fraction of sp³-hybridized carbons (Fsp3) is 0. The van der Waals surface area contributed by atoms with Crippen LogP contribution in [0.2, 0.25) is 0 Å². The van der Waals surface area contributed by atoms with Crippen molar-refractivity contribution in [1.29, 1.82) is 0 Å². The van der Waals surface area contributed by atoms with E-state index < -0.39 is 17.5 Å². The minimum atomic E-state index is -0.881. The number of anilines is 1. The van der Waals surface area contributed by atoms with Gasteiger partial charge in [-0.3, -0.25) is 0 Å². The first-order valence-electron chi connectivity index (χ1n) is 4.85. The first kappa shape index (κ1) is 13.0. The van der Waals surface area contributed by atoms with Crippen LogP contribution in [0.25, 0.3) is 0 Å². The highest BCUT2D eigenvalue weighted by Crippen LogP contribution is 2.31. The summed E-state index contributed by atoms with van der Waals surface area (Å²) in [5.74, 6) is -2.36. The van der Waals surface area contributed by atoms with Crippen molar-refractivity contribution in [2.45, 2.75) is 0 Å². The zero-order valence-electron chi connectivity index (χ0n) is 8.88. The van der Waals surface area contributed by atoms with Gasteiger partial charge < -0.3 is 10.5 Å². The van der Waals surface area contributed by atoms with Crippen LogP contribution in [0.4, 0.5) is 18.9 Å². The van der Waals surface area contributed by atoms with Crippen LogP contribution in [0.5, 0.6) is 11.5 Å². The molecule has 18 heavy (non-hydrogen) atoms. The van der Waals surface area contributed by atoms with Crippen molar-refractivity contribution in [3.05, 3.63) is 51.4 Å². The number of nitrogen functional groups attached to an aromatic ring is 1. The van der Waals surface area contributed by atoms with Crippen molar-refractivity contribution in [2.24, 2.45) is 0 Å². The Morgan fingerprint density at radius 2 is 1.67 bits per heavy atom. The minimum absolute atomic E-state index is 0.0153. The van der Waals surface area contributed by atoms with Crippen LogP contribution in [0.1, 0.15) is 0 Å². The Kier molecular flexibility index (Phi) is 3.65. The molecule has 0 aliphatic heterocycles. The lowest BCUT2D eigenvalue weighted by Crippen LogP contribution is -1.96. The molecule has 2 N–H and O–H groups in total. The van der Waals surface area contributed by atoms with Crippen LogP contribution in [0.15, 0.2) is 30.3 Å². The molecule has 0 amide bonds. The Balaban J connectivity index is 2.37. The summed E-state index contributed by atoms with van der Waals surface area (Å²) in [5, 5.41) is 0. The van der Waals surface area contributed by atoms with Gasteiger partial charge in [0, 0.05) is 12.1 Å². The van der Waals surface area contributed by atoms with Gasteiger partial charge in [0.1, 0.15) is 11.6 Å². The van der Waals surface area contributed by atoms with E-state index in [0.29, 0.717) is 9.64 Å². The summed E-state index contributed by atoms with van der Waals surface area (Å²) >= 11 is 1.77. The fourth-order valence-electron chi connectivity index (χ4n) is 1.31. The monoisotopic (exact) mass is 365 g/mol. The molecule has 0 heterocycles. The summed E-state index contributed by atoms with van der Waals surface area (Å²) < 4.78 is 44.8. The highest BCUT2D eigenvalue weighted by atomic mass is 127. The normalized spacial score (nSPS) is 10.4. The van der Waals surface area contributed by atoms with Crippen LogP contribution in [0.3, 0.4) is 0 Å². The summed E-state index contributed by atoms with van der Waals surface area (Å²) in [6.45, 7) is 0. The second-order valence-electron chi connectivity index (χ2n) is 3.48. The average molecular weight is 365 g/mol. The molecular formula is C12H7F3INO. The maximum absolute atomic E-state index is 13.3. The zero-order valence-corrected chi connectivity index (χ0v) is 11.0. The predicted molar refractivity (Wildman–Crippen MR) is 70.0 cm³/mol. The van der Waals surface area contributed by atoms with Crippen molar-refractivity contribution in [2.75, 3.05) is 5.73 Å². The zero-order chi connectivity index (χ0) is 13.3. The van der Waals surface area contributed by atoms with Crippen molar-refractivity contribution in [1.82, 2.24) is 0 Å². The Morgan fingerprint density at radius 1 is 0.944 bits per heavy atom. The van der Waals surface area contributed by atoms with Gasteiger partial charge >= 0.3 is 0 Å². The Morgan fingerprint density at radius 3 is 2.33 bits per heavy atom. The highest BCUT2D eigenvalue weighted by Gasteiger charge is 2.11. The number of hydrogen-bond donors (Lipinski definition) is 1. The molecule has 2 nitrogen and oxygen atoms in total. The number of nitrogens with two attached hydrogens (primary N) is 1. The molecule has 2 aromatic carbocycles. The maximum atomic E-state index is 13.3. The Bertz CT molecular complexity index is 604. The molecule has 0 spiro atoms. The standard InChI is InChI=1S/C12H7F3INO/c13-6-1-2-11(8(15)3-6)18-12-4-7(14)9(16)5-10(12)17/h1-5H,17H2. The molecule has 0 radical (unpaired) electrons. The van der Waals surface area contributed by atoms with E-state index in [1.54, 1.807) is 22.6 Å². The number of ether oxygens (including phenoxy) is 1. The molecule has 0 aliphatic carbocycles. The Hall–Kier alpha value is -1.44. The van der Waals surface area contributed by atoms with Gasteiger partial charge in [-0.1, -0.05) is 0 Å². The van der Waals surface area contributed by atoms with Gasteiger partial charge in [-0.2, -0.15) is 0 Å². The van der Waals surface area contributed by atoms with E-state index in [1.807, 2.05) is 0 Å². The second-order valence-corrected chi connectivity index (χ2v) is 4.64. The van der Waals surface area contributed by atoms with E-state index in [-0.39, 0.29) is 17.2 Å². The van der Waals surface area contributed by atoms with Gasteiger partial charge in [0.15, 0.2) is 17.3 Å². The average Bonchev–Trinajstić information content (AvgIpc) is 2.29. The summed E-state index contributed by atoms with van der Waals surface area (Å²) in [5.41, 5.74) is 5.80. The van der Waals surface area contributed by atoms with Gasteiger partial charge in [-0.05, 0) is 40.8 Å². The van der Waals surface area contributed by atoms with Gasteiger partial charge in [0.2, 0.25) is 0 Å². The summed E-state index contributed by atoms with van der Waals surface area (Å²) in [7, 11) is 0. The molecule has 0 saturated carbocycles. The lowest BCUT2D eigenvalue weighted by molar-refractivity contribution is 0.436. The molecule has 94 valence electrons. The van der Waals surface area contributed by atoms with E-state index in [1.165, 1.54) is 6.07 Å². The van der Waals surface area contributed by atoms with E-state index in [9.17, 15) is 13.2 Å². The third kappa shape index (κ3) is 2.69. The van der Waals surface area contributed by atoms with E-state index in [0.717, 1.165) is 18.2 Å². The van der Waals surface area contributed by atoms with Crippen LogP contribution in [-0.4, -0.2) is 0 Å². The molecule has 2 aromatic rings. The van der Waals surface area contributed by atoms with E-state index in [2.05, 4.69) is 0 Å². The van der Waals surface area contributed by atoms with Gasteiger partial charge in [0.25, 0.3) is 0 Å². The van der Waals surface area contributed by atoms with Gasteiger partial charge in [0.05, 0.1) is 9.26 Å². The third-order valence-electron chi connectivity index (χ3n) is 2.17. The number of halogens is 4. The molecule has 0 atom stereocenters. The van der Waals surface area contributed by atoms with E-state index >= 15 is 0 Å². The second kappa shape index (κ2) is 5.05. The first-order valence-corrected chi connectivity index (χ1v) is 5.92. The van der Waals surface area contributed by atoms with Crippen molar-refractivity contribution in [3.63, 3.8) is 0 Å². The smallest absolute Gasteiger partial charge is 0.168 e. The molecule has 0 aromatic heterocycles. The molecule has 0 aliphatic rings. The summed E-state index contributed by atoms with van der Waals surface area (Å²) in [6, 6.07) is 5.25. The third-order valence-corrected chi connectivity index (χ3v) is 2.99. The molecule has 0 fully saturated rings. The molecular weight excluding hydrogens is 358 g/mol. The topological polar surface area (TPSA) is 35.2 Å². The van der Waals surface area contributed by atoms with Gasteiger partial charge in [-0.15, -0.1) is 0 Å². The number of rotatable bonds is 2. The first-order chi connectivity index (χ1) is 8.47. The van der Waals surface area contributed by atoms with Crippen LogP contribution in [-0.2, 0) is 0 Å². The van der Waals surface area contributed by atoms with Gasteiger partial charge in [-0.25, -0.2) is 13.2 Å². The highest BCUT2D eigenvalue weighted by molar-refractivity contribution is 14.1. The van der Waals surface area contributed by atoms with Crippen LogP contribution >= 0.6 is 22.6 Å². The molecule has 0 unspecified atom stereocenters. The molecule has 0 bridgehead atoms. The van der Waals surface area contributed by atoms with Crippen molar-refractivity contribution in [3.8, 4) is 11.5 Å². The maximum Gasteiger partial charge on any atom is 0.168 e.